The van der Waals surface area contributed by atoms with Crippen molar-refractivity contribution in [3.63, 3.8) is 0 Å². The first-order valence-corrected chi connectivity index (χ1v) is 14.4. The SMILES string of the molecule is C[C@@H](OC[C@H](C)C(C)(C)O[Si](C)(C)C(C)(C)C)C1CCC2C(=O)CCCC21C. The summed E-state index contributed by atoms with van der Waals surface area (Å²) in [6, 6.07) is 0. The number of Topliss-reactive ketones (excluding diaryl/α,β-unsaturated/α-hetero) is 1. The summed E-state index contributed by atoms with van der Waals surface area (Å²) in [5.41, 5.74) is -0.0587. The molecule has 2 rings (SSSR count). The summed E-state index contributed by atoms with van der Waals surface area (Å²) >= 11 is 0. The highest BCUT2D eigenvalue weighted by atomic mass is 28.4. The van der Waals surface area contributed by atoms with Crippen LogP contribution in [0.15, 0.2) is 0 Å². The average molecular weight is 411 g/mol. The zero-order valence-corrected chi connectivity index (χ0v) is 21.3. The van der Waals surface area contributed by atoms with Gasteiger partial charge in [0.25, 0.3) is 0 Å². The summed E-state index contributed by atoms with van der Waals surface area (Å²) in [5, 5.41) is 0.207. The maximum Gasteiger partial charge on any atom is 0.192 e. The normalized spacial score (nSPS) is 31.6. The molecular weight excluding hydrogens is 364 g/mol. The van der Waals surface area contributed by atoms with E-state index in [-0.39, 0.29) is 28.1 Å². The van der Waals surface area contributed by atoms with Gasteiger partial charge in [-0.25, -0.2) is 0 Å². The van der Waals surface area contributed by atoms with Crippen LogP contribution in [0.2, 0.25) is 18.1 Å². The van der Waals surface area contributed by atoms with Crippen molar-refractivity contribution in [3.8, 4) is 0 Å². The Kier molecular flexibility index (Phi) is 7.01. The summed E-state index contributed by atoms with van der Waals surface area (Å²) in [6.45, 7) is 23.5. The van der Waals surface area contributed by atoms with Crippen molar-refractivity contribution >= 4 is 14.1 Å². The maximum absolute atomic E-state index is 12.4. The first-order chi connectivity index (χ1) is 12.6. The van der Waals surface area contributed by atoms with E-state index in [4.69, 9.17) is 9.16 Å². The highest BCUT2D eigenvalue weighted by molar-refractivity contribution is 6.74. The Morgan fingerprint density at radius 1 is 1.14 bits per heavy atom. The number of fused-ring (bicyclic) bond motifs is 1. The van der Waals surface area contributed by atoms with Gasteiger partial charge in [-0.05, 0) is 75.9 Å². The molecule has 0 aromatic heterocycles. The third-order valence-corrected chi connectivity index (χ3v) is 13.3. The second kappa shape index (κ2) is 8.15. The van der Waals surface area contributed by atoms with Crippen molar-refractivity contribution < 1.29 is 14.0 Å². The molecule has 2 aliphatic carbocycles. The van der Waals surface area contributed by atoms with Gasteiger partial charge in [0.05, 0.1) is 18.3 Å². The molecule has 0 spiro atoms. The lowest BCUT2D eigenvalue weighted by atomic mass is 9.64. The van der Waals surface area contributed by atoms with Crippen LogP contribution in [0, 0.1) is 23.2 Å². The largest absolute Gasteiger partial charge is 0.412 e. The van der Waals surface area contributed by atoms with Crippen molar-refractivity contribution in [2.75, 3.05) is 6.61 Å². The Balaban J connectivity index is 1.96. The summed E-state index contributed by atoms with van der Waals surface area (Å²) in [4.78, 5) is 12.4. The van der Waals surface area contributed by atoms with Crippen molar-refractivity contribution in [2.24, 2.45) is 23.2 Å². The molecule has 0 saturated heterocycles. The summed E-state index contributed by atoms with van der Waals surface area (Å²) < 4.78 is 13.2. The van der Waals surface area contributed by atoms with Crippen LogP contribution in [-0.2, 0) is 14.0 Å². The van der Waals surface area contributed by atoms with Gasteiger partial charge in [-0.1, -0.05) is 34.6 Å². The highest BCUT2D eigenvalue weighted by Crippen LogP contribution is 2.55. The summed E-state index contributed by atoms with van der Waals surface area (Å²) in [6.07, 6.45) is 5.41. The number of carbonyl (C=O) groups is 1. The van der Waals surface area contributed by atoms with Crippen molar-refractivity contribution in [2.45, 2.75) is 117 Å². The van der Waals surface area contributed by atoms with E-state index in [0.29, 0.717) is 24.2 Å². The third-order valence-electron chi connectivity index (χ3n) is 8.62. The van der Waals surface area contributed by atoms with Crippen LogP contribution in [0.1, 0.15) is 87.5 Å². The zero-order valence-electron chi connectivity index (χ0n) is 20.3. The number of hydrogen-bond acceptors (Lipinski definition) is 3. The van der Waals surface area contributed by atoms with Crippen LogP contribution in [0.5, 0.6) is 0 Å². The smallest absolute Gasteiger partial charge is 0.192 e. The third kappa shape index (κ3) is 4.75. The first-order valence-electron chi connectivity index (χ1n) is 11.5. The minimum Gasteiger partial charge on any atom is -0.412 e. The summed E-state index contributed by atoms with van der Waals surface area (Å²) in [5.74, 6) is 1.59. The molecule has 164 valence electrons. The molecule has 28 heavy (non-hydrogen) atoms. The molecule has 4 heteroatoms. The van der Waals surface area contributed by atoms with Gasteiger partial charge in [-0.3, -0.25) is 4.79 Å². The Hall–Kier alpha value is -0.193. The lowest BCUT2D eigenvalue weighted by Gasteiger charge is -2.46. The van der Waals surface area contributed by atoms with E-state index in [1.165, 1.54) is 6.42 Å². The van der Waals surface area contributed by atoms with Gasteiger partial charge in [0.15, 0.2) is 8.32 Å². The second-order valence-electron chi connectivity index (χ2n) is 12.0. The predicted molar refractivity (Wildman–Crippen MR) is 120 cm³/mol. The second-order valence-corrected chi connectivity index (χ2v) is 16.7. The van der Waals surface area contributed by atoms with Gasteiger partial charge >= 0.3 is 0 Å². The number of ketones is 1. The van der Waals surface area contributed by atoms with Gasteiger partial charge in [0.1, 0.15) is 5.78 Å². The topological polar surface area (TPSA) is 35.5 Å². The van der Waals surface area contributed by atoms with E-state index < -0.39 is 8.32 Å². The molecule has 2 fully saturated rings. The fraction of sp³-hybridized carbons (Fsp3) is 0.958. The molecule has 2 saturated carbocycles. The van der Waals surface area contributed by atoms with E-state index in [1.807, 2.05) is 0 Å². The fourth-order valence-corrected chi connectivity index (χ4v) is 7.09. The van der Waals surface area contributed by atoms with Crippen molar-refractivity contribution in [1.82, 2.24) is 0 Å². The standard InChI is InChI=1S/C24H46O3Si/c1-17(23(6,7)27-28(9,10)22(3,4)5)16-26-18(2)19-13-14-20-21(25)12-11-15-24(19,20)8/h17-20H,11-16H2,1-10H3/t17-,18+,19?,20?,24?/m0/s1. The molecular formula is C24H46O3Si. The molecule has 2 aliphatic rings. The van der Waals surface area contributed by atoms with Gasteiger partial charge < -0.3 is 9.16 Å². The molecule has 0 radical (unpaired) electrons. The molecule has 0 aromatic rings. The van der Waals surface area contributed by atoms with Crippen LogP contribution < -0.4 is 0 Å². The van der Waals surface area contributed by atoms with Crippen LogP contribution in [-0.4, -0.2) is 32.4 Å². The Bertz CT molecular complexity index is 563. The van der Waals surface area contributed by atoms with Crippen LogP contribution in [0.25, 0.3) is 0 Å². The van der Waals surface area contributed by atoms with Crippen molar-refractivity contribution in [3.05, 3.63) is 0 Å². The fourth-order valence-electron chi connectivity index (χ4n) is 5.27. The van der Waals surface area contributed by atoms with Gasteiger partial charge in [-0.2, -0.15) is 0 Å². The molecule has 0 heterocycles. The minimum absolute atomic E-state index is 0.144. The molecule has 0 N–H and O–H groups in total. The average Bonchev–Trinajstić information content (AvgIpc) is 2.88. The van der Waals surface area contributed by atoms with E-state index in [0.717, 1.165) is 25.7 Å². The zero-order chi connectivity index (χ0) is 21.5. The van der Waals surface area contributed by atoms with Gasteiger partial charge in [0.2, 0.25) is 0 Å². The predicted octanol–water partition coefficient (Wildman–Crippen LogP) is 6.61. The van der Waals surface area contributed by atoms with Crippen molar-refractivity contribution in [1.29, 1.82) is 0 Å². The van der Waals surface area contributed by atoms with Crippen LogP contribution in [0.4, 0.5) is 0 Å². The van der Waals surface area contributed by atoms with Crippen LogP contribution in [0.3, 0.4) is 0 Å². The van der Waals surface area contributed by atoms with E-state index in [9.17, 15) is 4.79 Å². The number of carbonyl (C=O) groups excluding carboxylic acids is 1. The Morgan fingerprint density at radius 2 is 1.75 bits per heavy atom. The van der Waals surface area contributed by atoms with E-state index >= 15 is 0 Å². The molecule has 0 aromatic carbocycles. The quantitative estimate of drug-likeness (QED) is 0.443. The molecule has 5 atom stereocenters. The number of hydrogen-bond donors (Lipinski definition) is 0. The monoisotopic (exact) mass is 410 g/mol. The lowest BCUT2D eigenvalue weighted by molar-refractivity contribution is -0.131. The molecule has 0 bridgehead atoms. The molecule has 3 nitrogen and oxygen atoms in total. The number of ether oxygens (including phenoxy) is 1. The molecule has 3 unspecified atom stereocenters. The molecule has 0 aliphatic heterocycles. The van der Waals surface area contributed by atoms with Gasteiger partial charge in [-0.15, -0.1) is 0 Å². The number of rotatable bonds is 7. The van der Waals surface area contributed by atoms with E-state index in [1.54, 1.807) is 0 Å². The van der Waals surface area contributed by atoms with Gasteiger partial charge in [0, 0.05) is 18.3 Å². The lowest BCUT2D eigenvalue weighted by Crippen LogP contribution is -2.50. The Morgan fingerprint density at radius 3 is 2.32 bits per heavy atom. The molecule has 0 amide bonds. The Labute approximate surface area is 175 Å². The maximum atomic E-state index is 12.4. The summed E-state index contributed by atoms with van der Waals surface area (Å²) in [7, 11) is -1.82. The highest BCUT2D eigenvalue weighted by Gasteiger charge is 2.53. The van der Waals surface area contributed by atoms with Crippen LogP contribution >= 0.6 is 0 Å². The first kappa shape index (κ1) is 24.1. The minimum atomic E-state index is -1.82. The van der Waals surface area contributed by atoms with E-state index in [2.05, 4.69) is 68.5 Å².